The summed E-state index contributed by atoms with van der Waals surface area (Å²) in [5.41, 5.74) is -0.341. The molecule has 2 rings (SSSR count). The highest BCUT2D eigenvalue weighted by atomic mass is 32.2. The average Bonchev–Trinajstić information content (AvgIpc) is 2.45. The lowest BCUT2D eigenvalue weighted by Gasteiger charge is -2.49. The number of rotatable bonds is 5. The molecule has 2 fully saturated rings. The van der Waals surface area contributed by atoms with E-state index in [1.807, 2.05) is 0 Å². The molecular formula is C14H26N2O5S. The second-order valence-corrected chi connectivity index (χ2v) is 8.47. The van der Waals surface area contributed by atoms with Gasteiger partial charge < -0.3 is 14.4 Å². The maximum absolute atomic E-state index is 11.9. The lowest BCUT2D eigenvalue weighted by atomic mass is 9.73. The third-order valence-electron chi connectivity index (χ3n) is 4.54. The van der Waals surface area contributed by atoms with Gasteiger partial charge >= 0.3 is 0 Å². The number of sulfonamides is 1. The van der Waals surface area contributed by atoms with Crippen LogP contribution in [0, 0.1) is 5.41 Å². The van der Waals surface area contributed by atoms with Crippen molar-refractivity contribution in [2.75, 3.05) is 53.3 Å². The molecule has 8 heteroatoms. The molecule has 0 bridgehead atoms. The van der Waals surface area contributed by atoms with E-state index in [1.54, 1.807) is 14.1 Å². The van der Waals surface area contributed by atoms with Gasteiger partial charge in [0.25, 0.3) is 0 Å². The molecule has 0 N–H and O–H groups in total. The van der Waals surface area contributed by atoms with Crippen molar-refractivity contribution in [3.05, 3.63) is 0 Å². The van der Waals surface area contributed by atoms with Crippen molar-refractivity contribution in [3.63, 3.8) is 0 Å². The number of amides is 1. The van der Waals surface area contributed by atoms with E-state index in [4.69, 9.17) is 9.47 Å². The lowest BCUT2D eigenvalue weighted by Crippen LogP contribution is -2.58. The fourth-order valence-corrected chi connectivity index (χ4v) is 4.14. The van der Waals surface area contributed by atoms with Gasteiger partial charge in [-0.25, -0.2) is 12.7 Å². The third kappa shape index (κ3) is 3.98. The standard InChI is InChI=1S/C14H26N2O5S/c1-15(2)13(17)9-20-11-14-6-4-8-21-12(14)5-7-16(10-14)22(3,18)19/h12H,4-11H2,1-3H3/t12-,14-/m1/s1. The van der Waals surface area contributed by atoms with E-state index in [2.05, 4.69) is 0 Å². The highest BCUT2D eigenvalue weighted by Crippen LogP contribution is 2.41. The molecule has 2 aliphatic rings. The van der Waals surface area contributed by atoms with Crippen LogP contribution in [0.5, 0.6) is 0 Å². The Balaban J connectivity index is 2.05. The Hall–Kier alpha value is -0.700. The summed E-state index contributed by atoms with van der Waals surface area (Å²) in [6.07, 6.45) is 3.67. The zero-order valence-electron chi connectivity index (χ0n) is 13.6. The van der Waals surface area contributed by atoms with Crippen LogP contribution in [0.15, 0.2) is 0 Å². The molecule has 1 amide bonds. The highest BCUT2D eigenvalue weighted by Gasteiger charge is 2.48. The minimum absolute atomic E-state index is 0.00806. The van der Waals surface area contributed by atoms with Gasteiger partial charge in [0.05, 0.1) is 19.0 Å². The Morgan fingerprint density at radius 2 is 2.18 bits per heavy atom. The minimum Gasteiger partial charge on any atom is -0.377 e. The van der Waals surface area contributed by atoms with Crippen LogP contribution in [0.4, 0.5) is 0 Å². The Labute approximate surface area is 132 Å². The van der Waals surface area contributed by atoms with Crippen LogP contribution in [0.25, 0.3) is 0 Å². The van der Waals surface area contributed by atoms with Crippen molar-refractivity contribution in [1.29, 1.82) is 0 Å². The molecule has 22 heavy (non-hydrogen) atoms. The van der Waals surface area contributed by atoms with Crippen LogP contribution in [0.3, 0.4) is 0 Å². The lowest BCUT2D eigenvalue weighted by molar-refractivity contribution is -0.152. The van der Waals surface area contributed by atoms with Gasteiger partial charge in [-0.15, -0.1) is 0 Å². The van der Waals surface area contributed by atoms with E-state index in [1.165, 1.54) is 15.5 Å². The first-order chi connectivity index (χ1) is 10.2. The Morgan fingerprint density at radius 1 is 1.45 bits per heavy atom. The minimum atomic E-state index is -3.22. The van der Waals surface area contributed by atoms with E-state index in [0.29, 0.717) is 32.7 Å². The molecule has 0 aliphatic carbocycles. The van der Waals surface area contributed by atoms with Crippen molar-refractivity contribution >= 4 is 15.9 Å². The summed E-state index contributed by atoms with van der Waals surface area (Å²) in [5.74, 6) is -0.0968. The number of piperidine rings is 1. The monoisotopic (exact) mass is 334 g/mol. The number of hydrogen-bond donors (Lipinski definition) is 0. The summed E-state index contributed by atoms with van der Waals surface area (Å²) in [4.78, 5) is 13.1. The van der Waals surface area contributed by atoms with E-state index >= 15 is 0 Å². The first-order valence-electron chi connectivity index (χ1n) is 7.59. The molecule has 128 valence electrons. The Kier molecular flexibility index (Phi) is 5.47. The van der Waals surface area contributed by atoms with Crippen molar-refractivity contribution < 1.29 is 22.7 Å². The summed E-state index contributed by atoms with van der Waals surface area (Å²) in [6.45, 7) is 1.97. The smallest absolute Gasteiger partial charge is 0.248 e. The summed E-state index contributed by atoms with van der Waals surface area (Å²) >= 11 is 0. The predicted molar refractivity (Wildman–Crippen MR) is 82.0 cm³/mol. The number of hydrogen-bond acceptors (Lipinski definition) is 5. The molecule has 2 atom stereocenters. The van der Waals surface area contributed by atoms with Crippen molar-refractivity contribution in [2.45, 2.75) is 25.4 Å². The van der Waals surface area contributed by atoms with Crippen LogP contribution in [0.1, 0.15) is 19.3 Å². The zero-order chi connectivity index (χ0) is 16.4. The van der Waals surface area contributed by atoms with Crippen LogP contribution in [0.2, 0.25) is 0 Å². The number of nitrogens with zero attached hydrogens (tertiary/aromatic N) is 2. The van der Waals surface area contributed by atoms with Gasteiger partial charge in [0.2, 0.25) is 15.9 Å². The van der Waals surface area contributed by atoms with Crippen molar-refractivity contribution in [2.24, 2.45) is 5.41 Å². The first kappa shape index (κ1) is 17.7. The van der Waals surface area contributed by atoms with Gasteiger partial charge in [-0.2, -0.15) is 0 Å². The van der Waals surface area contributed by atoms with Crippen LogP contribution >= 0.6 is 0 Å². The molecule has 0 aromatic carbocycles. The first-order valence-corrected chi connectivity index (χ1v) is 9.44. The largest absolute Gasteiger partial charge is 0.377 e. The average molecular weight is 334 g/mol. The molecule has 2 saturated heterocycles. The van der Waals surface area contributed by atoms with E-state index < -0.39 is 10.0 Å². The fourth-order valence-electron chi connectivity index (χ4n) is 3.21. The number of carbonyl (C=O) groups excluding carboxylic acids is 1. The topological polar surface area (TPSA) is 76.2 Å². The quantitative estimate of drug-likeness (QED) is 0.703. The fraction of sp³-hybridized carbons (Fsp3) is 0.929. The highest BCUT2D eigenvalue weighted by molar-refractivity contribution is 7.88. The number of fused-ring (bicyclic) bond motifs is 1. The molecule has 2 aliphatic heterocycles. The van der Waals surface area contributed by atoms with Gasteiger partial charge in [0, 0.05) is 39.2 Å². The normalized spacial score (nSPS) is 29.9. The summed E-state index contributed by atoms with van der Waals surface area (Å²) in [5, 5.41) is 0. The Bertz CT molecular complexity index is 507. The summed E-state index contributed by atoms with van der Waals surface area (Å²) < 4.78 is 36.7. The van der Waals surface area contributed by atoms with E-state index in [-0.39, 0.29) is 24.0 Å². The number of likely N-dealkylation sites (N-methyl/N-ethyl adjacent to an activating group) is 1. The van der Waals surface area contributed by atoms with Crippen molar-refractivity contribution in [1.82, 2.24) is 9.21 Å². The van der Waals surface area contributed by atoms with Crippen molar-refractivity contribution in [3.8, 4) is 0 Å². The van der Waals surface area contributed by atoms with E-state index in [0.717, 1.165) is 12.8 Å². The van der Waals surface area contributed by atoms with E-state index in [9.17, 15) is 13.2 Å². The van der Waals surface area contributed by atoms with Crippen LogP contribution < -0.4 is 0 Å². The van der Waals surface area contributed by atoms with Crippen LogP contribution in [-0.2, 0) is 24.3 Å². The zero-order valence-corrected chi connectivity index (χ0v) is 14.4. The number of carbonyl (C=O) groups is 1. The molecule has 2 heterocycles. The second kappa shape index (κ2) is 6.82. The third-order valence-corrected chi connectivity index (χ3v) is 5.79. The van der Waals surface area contributed by atoms with Gasteiger partial charge in [-0.05, 0) is 19.3 Å². The molecule has 0 spiro atoms. The maximum atomic E-state index is 11.9. The SMILES string of the molecule is CN(C)C(=O)COC[C@]12CCCO[C@@H]1CCN(S(C)(=O)=O)C2. The molecule has 0 radical (unpaired) electrons. The molecular weight excluding hydrogens is 308 g/mol. The van der Waals surface area contributed by atoms with Gasteiger partial charge in [0.1, 0.15) is 6.61 Å². The Morgan fingerprint density at radius 3 is 2.82 bits per heavy atom. The summed E-state index contributed by atoms with van der Waals surface area (Å²) in [6, 6.07) is 0. The molecule has 0 aromatic heterocycles. The molecule has 0 saturated carbocycles. The maximum Gasteiger partial charge on any atom is 0.248 e. The van der Waals surface area contributed by atoms with Crippen LogP contribution in [-0.4, -0.2) is 82.9 Å². The molecule has 0 unspecified atom stereocenters. The van der Waals surface area contributed by atoms with Gasteiger partial charge in [-0.1, -0.05) is 0 Å². The second-order valence-electron chi connectivity index (χ2n) is 6.49. The van der Waals surface area contributed by atoms with Gasteiger partial charge in [0.15, 0.2) is 0 Å². The van der Waals surface area contributed by atoms with Gasteiger partial charge in [-0.3, -0.25) is 4.79 Å². The molecule has 7 nitrogen and oxygen atoms in total. The number of ether oxygens (including phenoxy) is 2. The summed E-state index contributed by atoms with van der Waals surface area (Å²) in [7, 11) is 0.144. The predicted octanol–water partition coefficient (Wildman–Crippen LogP) is -0.0781. The molecule has 0 aromatic rings.